The fourth-order valence-electron chi connectivity index (χ4n) is 1.27. The van der Waals surface area contributed by atoms with Crippen LogP contribution in [0.3, 0.4) is 0 Å². The molecule has 0 heterocycles. The summed E-state index contributed by atoms with van der Waals surface area (Å²) < 4.78 is 4.99. The van der Waals surface area contributed by atoms with Gasteiger partial charge in [0.1, 0.15) is 0 Å². The fourth-order valence-corrected chi connectivity index (χ4v) is 3.82. The first kappa shape index (κ1) is 10.2. The highest BCUT2D eigenvalue weighted by Gasteiger charge is 2.26. The minimum absolute atomic E-state index is 0.941. The van der Waals surface area contributed by atoms with E-state index in [2.05, 4.69) is 27.9 Å². The molecule has 0 aliphatic heterocycles. The van der Waals surface area contributed by atoms with E-state index >= 15 is 0 Å². The van der Waals surface area contributed by atoms with Gasteiger partial charge in [-0.15, -0.1) is 0 Å². The molecule has 0 bridgehead atoms. The Morgan fingerprint density at radius 2 is 1.50 bits per heavy atom. The standard InChI is InChI=1S/C8H19OSi/c1-5-10(6-2,7-3)8-9-4/h4-8H2,1-3H3. The fraction of sp³-hybridized carbons (Fsp3) is 0.875. The third kappa shape index (κ3) is 2.43. The smallest absolute Gasteiger partial charge is 0.0829 e. The van der Waals surface area contributed by atoms with E-state index in [0.29, 0.717) is 0 Å². The van der Waals surface area contributed by atoms with Crippen LogP contribution in [-0.4, -0.2) is 14.3 Å². The van der Waals surface area contributed by atoms with Gasteiger partial charge >= 0.3 is 0 Å². The Balaban J connectivity index is 3.87. The molecule has 0 saturated carbocycles. The van der Waals surface area contributed by atoms with Crippen LogP contribution in [0.5, 0.6) is 0 Å². The number of ether oxygens (including phenoxy) is 1. The first-order valence-electron chi connectivity index (χ1n) is 4.11. The summed E-state index contributed by atoms with van der Waals surface area (Å²) in [6.07, 6.45) is 0.941. The van der Waals surface area contributed by atoms with Crippen LogP contribution in [0.2, 0.25) is 18.1 Å². The molecule has 61 valence electrons. The topological polar surface area (TPSA) is 9.23 Å². The molecular formula is C8H19OSi. The monoisotopic (exact) mass is 159 g/mol. The van der Waals surface area contributed by atoms with E-state index in [0.717, 1.165) is 6.23 Å². The lowest BCUT2D eigenvalue weighted by molar-refractivity contribution is 0.293. The largest absolute Gasteiger partial charge is 0.382 e. The molecule has 0 aromatic carbocycles. The number of hydrogen-bond acceptors (Lipinski definition) is 1. The van der Waals surface area contributed by atoms with Crippen molar-refractivity contribution in [1.29, 1.82) is 0 Å². The second-order valence-electron chi connectivity index (χ2n) is 2.91. The molecule has 10 heavy (non-hydrogen) atoms. The molecule has 0 aromatic heterocycles. The normalized spacial score (nSPS) is 12.0. The van der Waals surface area contributed by atoms with Gasteiger partial charge in [-0.1, -0.05) is 38.9 Å². The molecule has 0 amide bonds. The van der Waals surface area contributed by atoms with Gasteiger partial charge in [0.2, 0.25) is 0 Å². The van der Waals surface area contributed by atoms with Crippen LogP contribution in [0.4, 0.5) is 0 Å². The third-order valence-corrected chi connectivity index (χ3v) is 7.97. The summed E-state index contributed by atoms with van der Waals surface area (Å²) in [6, 6.07) is 3.99. The Kier molecular flexibility index (Phi) is 5.00. The molecule has 0 fully saturated rings. The van der Waals surface area contributed by atoms with Gasteiger partial charge in [0, 0.05) is 6.23 Å². The number of hydrogen-bond donors (Lipinski definition) is 0. The highest BCUT2D eigenvalue weighted by molar-refractivity contribution is 6.79. The first-order chi connectivity index (χ1) is 4.74. The molecule has 0 aliphatic carbocycles. The van der Waals surface area contributed by atoms with Gasteiger partial charge in [0.15, 0.2) is 0 Å². The van der Waals surface area contributed by atoms with Crippen molar-refractivity contribution in [1.82, 2.24) is 0 Å². The van der Waals surface area contributed by atoms with Crippen molar-refractivity contribution < 1.29 is 4.74 Å². The van der Waals surface area contributed by atoms with Crippen molar-refractivity contribution in [2.45, 2.75) is 38.9 Å². The lowest BCUT2D eigenvalue weighted by atomic mass is 10.9. The zero-order chi connectivity index (χ0) is 8.04. The zero-order valence-corrected chi connectivity index (χ0v) is 8.44. The molecule has 0 aliphatic rings. The summed E-state index contributed by atoms with van der Waals surface area (Å²) in [4.78, 5) is 0. The molecule has 2 heteroatoms. The second kappa shape index (κ2) is 4.91. The van der Waals surface area contributed by atoms with E-state index in [-0.39, 0.29) is 0 Å². The molecular weight excluding hydrogens is 140 g/mol. The Morgan fingerprint density at radius 1 is 1.10 bits per heavy atom. The molecule has 0 rings (SSSR count). The van der Waals surface area contributed by atoms with Gasteiger partial charge in [-0.2, -0.15) is 0 Å². The molecule has 1 nitrogen and oxygen atoms in total. The Bertz CT molecular complexity index is 71.1. The van der Waals surface area contributed by atoms with Gasteiger partial charge in [-0.05, 0) is 0 Å². The van der Waals surface area contributed by atoms with Gasteiger partial charge in [-0.25, -0.2) is 0 Å². The van der Waals surface area contributed by atoms with Crippen LogP contribution in [0, 0.1) is 7.11 Å². The van der Waals surface area contributed by atoms with Crippen LogP contribution in [-0.2, 0) is 4.74 Å². The average Bonchev–Trinajstić information content (AvgIpc) is 2.01. The SMILES string of the molecule is [CH2]OC[Si](CC)(CC)CC. The van der Waals surface area contributed by atoms with Gasteiger partial charge in [0.05, 0.1) is 15.2 Å². The molecule has 0 saturated heterocycles. The summed E-state index contributed by atoms with van der Waals surface area (Å²) in [5.74, 6) is 0. The summed E-state index contributed by atoms with van der Waals surface area (Å²) >= 11 is 0. The predicted octanol–water partition coefficient (Wildman–Crippen LogP) is 2.84. The minimum Gasteiger partial charge on any atom is -0.382 e. The number of rotatable bonds is 5. The van der Waals surface area contributed by atoms with Crippen molar-refractivity contribution in [2.24, 2.45) is 0 Å². The molecule has 0 spiro atoms. The molecule has 0 N–H and O–H groups in total. The van der Waals surface area contributed by atoms with E-state index < -0.39 is 8.07 Å². The van der Waals surface area contributed by atoms with Crippen molar-refractivity contribution in [2.75, 3.05) is 6.23 Å². The maximum Gasteiger partial charge on any atom is 0.0829 e. The Morgan fingerprint density at radius 3 is 1.60 bits per heavy atom. The maximum atomic E-state index is 4.99. The zero-order valence-electron chi connectivity index (χ0n) is 7.44. The summed E-state index contributed by atoms with van der Waals surface area (Å²) in [7, 11) is 2.45. The van der Waals surface area contributed by atoms with E-state index in [4.69, 9.17) is 4.74 Å². The lowest BCUT2D eigenvalue weighted by Crippen LogP contribution is -2.37. The Hall–Kier alpha value is 0.177. The molecule has 0 atom stereocenters. The van der Waals surface area contributed by atoms with E-state index in [1.54, 1.807) is 0 Å². The summed E-state index contributed by atoms with van der Waals surface area (Å²) in [6.45, 7) is 6.83. The van der Waals surface area contributed by atoms with Crippen molar-refractivity contribution in [3.05, 3.63) is 7.11 Å². The van der Waals surface area contributed by atoms with Crippen LogP contribution < -0.4 is 0 Å². The van der Waals surface area contributed by atoms with Crippen molar-refractivity contribution in [3.8, 4) is 0 Å². The van der Waals surface area contributed by atoms with Crippen LogP contribution in [0.25, 0.3) is 0 Å². The first-order valence-corrected chi connectivity index (χ1v) is 6.94. The molecule has 0 unspecified atom stereocenters. The molecule has 0 aromatic rings. The second-order valence-corrected chi connectivity index (χ2v) is 8.32. The minimum atomic E-state index is -1.00. The lowest BCUT2D eigenvalue weighted by Gasteiger charge is -2.26. The van der Waals surface area contributed by atoms with E-state index in [9.17, 15) is 0 Å². The average molecular weight is 159 g/mol. The van der Waals surface area contributed by atoms with Crippen LogP contribution >= 0.6 is 0 Å². The summed E-state index contributed by atoms with van der Waals surface area (Å²) in [5.41, 5.74) is 0. The van der Waals surface area contributed by atoms with Crippen molar-refractivity contribution >= 4 is 8.07 Å². The summed E-state index contributed by atoms with van der Waals surface area (Å²) in [5, 5.41) is 0. The highest BCUT2D eigenvalue weighted by Crippen LogP contribution is 2.19. The van der Waals surface area contributed by atoms with Gasteiger partial charge in [-0.3, -0.25) is 0 Å². The van der Waals surface area contributed by atoms with E-state index in [1.807, 2.05) is 0 Å². The van der Waals surface area contributed by atoms with Crippen LogP contribution in [0.1, 0.15) is 20.8 Å². The highest BCUT2D eigenvalue weighted by atomic mass is 28.3. The van der Waals surface area contributed by atoms with E-state index in [1.165, 1.54) is 18.1 Å². The van der Waals surface area contributed by atoms with Crippen molar-refractivity contribution in [3.63, 3.8) is 0 Å². The predicted molar refractivity (Wildman–Crippen MR) is 48.5 cm³/mol. The van der Waals surface area contributed by atoms with Crippen LogP contribution in [0.15, 0.2) is 0 Å². The maximum absolute atomic E-state index is 4.99. The Labute approximate surface area is 65.8 Å². The quantitative estimate of drug-likeness (QED) is 0.560. The van der Waals surface area contributed by atoms with Gasteiger partial charge < -0.3 is 4.74 Å². The molecule has 1 radical (unpaired) electrons. The third-order valence-electron chi connectivity index (χ3n) is 2.66. The van der Waals surface area contributed by atoms with Gasteiger partial charge in [0.25, 0.3) is 0 Å².